The summed E-state index contributed by atoms with van der Waals surface area (Å²) in [6, 6.07) is 9.79. The molecule has 0 unspecified atom stereocenters. The maximum Gasteiger partial charge on any atom is 0.416 e. The highest BCUT2D eigenvalue weighted by Crippen LogP contribution is 2.36. The number of carbonyl (C=O) groups is 2. The van der Waals surface area contributed by atoms with Crippen LogP contribution in [0.3, 0.4) is 0 Å². The van der Waals surface area contributed by atoms with E-state index in [9.17, 15) is 22.8 Å². The van der Waals surface area contributed by atoms with Crippen molar-refractivity contribution in [1.29, 1.82) is 0 Å². The number of carbonyl (C=O) groups excluding carboxylic acids is 2. The van der Waals surface area contributed by atoms with Gasteiger partial charge in [-0.2, -0.15) is 13.2 Å². The molecule has 3 atom stereocenters. The monoisotopic (exact) mass is 654 g/mol. The lowest BCUT2D eigenvalue weighted by Crippen LogP contribution is -2.62. The van der Waals surface area contributed by atoms with Crippen LogP contribution in [0.2, 0.25) is 0 Å². The summed E-state index contributed by atoms with van der Waals surface area (Å²) in [5, 5.41) is 8.45. The highest BCUT2D eigenvalue weighted by molar-refractivity contribution is 6.00. The van der Waals surface area contributed by atoms with Gasteiger partial charge in [-0.1, -0.05) is 23.4 Å². The van der Waals surface area contributed by atoms with Crippen LogP contribution in [0.1, 0.15) is 46.4 Å². The minimum atomic E-state index is -4.66. The predicted octanol–water partition coefficient (Wildman–Crippen LogP) is 3.48. The summed E-state index contributed by atoms with van der Waals surface area (Å²) < 4.78 is 60.8. The van der Waals surface area contributed by atoms with Crippen molar-refractivity contribution < 1.29 is 37.0 Å². The third-order valence-corrected chi connectivity index (χ3v) is 9.65. The zero-order chi connectivity index (χ0) is 32.7. The van der Waals surface area contributed by atoms with Gasteiger partial charge >= 0.3 is 6.18 Å². The van der Waals surface area contributed by atoms with E-state index in [-0.39, 0.29) is 49.4 Å². The number of ether oxygens (including phenoxy) is 3. The van der Waals surface area contributed by atoms with Crippen molar-refractivity contribution in [2.24, 2.45) is 0 Å². The van der Waals surface area contributed by atoms with Crippen LogP contribution in [0.15, 0.2) is 48.7 Å². The molecule has 0 bridgehead atoms. The Morgan fingerprint density at radius 1 is 1.00 bits per heavy atom. The summed E-state index contributed by atoms with van der Waals surface area (Å²) in [6.07, 6.45) is -1.44. The largest absolute Gasteiger partial charge is 0.491 e. The fraction of sp³-hybridized carbons (Fsp3) is 0.515. The molecule has 0 saturated carbocycles. The first kappa shape index (κ1) is 31.6. The smallest absolute Gasteiger partial charge is 0.416 e. The van der Waals surface area contributed by atoms with Gasteiger partial charge in [0.15, 0.2) is 0 Å². The third-order valence-electron chi connectivity index (χ3n) is 9.65. The van der Waals surface area contributed by atoms with Gasteiger partial charge in [-0.05, 0) is 49.6 Å². The quantitative estimate of drug-likeness (QED) is 0.413. The number of nitrogens with zero attached hydrogens (tertiary/aromatic N) is 6. The number of amides is 2. The highest BCUT2D eigenvalue weighted by Gasteiger charge is 2.46. The third kappa shape index (κ3) is 6.46. The molecule has 11 nitrogen and oxygen atoms in total. The predicted molar refractivity (Wildman–Crippen MR) is 162 cm³/mol. The molecular weight excluding hydrogens is 617 g/mol. The van der Waals surface area contributed by atoms with E-state index in [1.807, 2.05) is 31.2 Å². The van der Waals surface area contributed by atoms with Crippen LogP contribution in [0, 0.1) is 6.92 Å². The number of para-hydroxylation sites is 1. The Morgan fingerprint density at radius 2 is 1.81 bits per heavy atom. The second-order valence-corrected chi connectivity index (χ2v) is 12.6. The van der Waals surface area contributed by atoms with Crippen LogP contribution in [-0.2, 0) is 27.1 Å². The Labute approximate surface area is 270 Å². The second-order valence-electron chi connectivity index (χ2n) is 12.6. The number of hydrogen-bond acceptors (Lipinski definition) is 8. The lowest BCUT2D eigenvalue weighted by molar-refractivity contribution is -0.143. The lowest BCUT2D eigenvalue weighted by Gasteiger charge is -2.46. The number of benzene rings is 2. The molecular formula is C33H37F3N6O5. The minimum absolute atomic E-state index is 0.0313. The number of rotatable bonds is 5. The fourth-order valence-electron chi connectivity index (χ4n) is 7.11. The van der Waals surface area contributed by atoms with Crippen LogP contribution in [-0.4, -0.2) is 112 Å². The van der Waals surface area contributed by atoms with Crippen molar-refractivity contribution in [2.45, 2.75) is 63.2 Å². The standard InChI is InChI=1S/C33H37F3N6O5/c1-21-4-2-3-5-28(21)42-16-23(37-38-42)19-46-26-15-29-32(44)40-11-10-39(24-8-12-45-13-9-24)17-25(40)20-47-30-7-6-22(33(34,35)36)14-27(30)31(43)41(29)18-26/h2-7,14,16,24-26,29H,8-13,15,17-20H2,1H3/t25-,26+,29-/m0/s1. The van der Waals surface area contributed by atoms with Crippen LogP contribution in [0.4, 0.5) is 13.2 Å². The maximum absolute atomic E-state index is 14.2. The van der Waals surface area contributed by atoms with Gasteiger partial charge in [0.05, 0.1) is 41.8 Å². The molecule has 0 aliphatic carbocycles. The van der Waals surface area contributed by atoms with Gasteiger partial charge < -0.3 is 24.0 Å². The molecule has 7 rings (SSSR count). The van der Waals surface area contributed by atoms with Crippen LogP contribution >= 0.6 is 0 Å². The van der Waals surface area contributed by atoms with Crippen LogP contribution in [0.5, 0.6) is 5.75 Å². The zero-order valence-electron chi connectivity index (χ0n) is 26.1. The summed E-state index contributed by atoms with van der Waals surface area (Å²) in [5.41, 5.74) is 1.30. The van der Waals surface area contributed by atoms with E-state index in [0.29, 0.717) is 44.6 Å². The number of piperazine rings is 1. The molecule has 3 aromatic rings. The second kappa shape index (κ2) is 12.9. The van der Waals surface area contributed by atoms with Crippen molar-refractivity contribution in [3.8, 4) is 11.4 Å². The van der Waals surface area contributed by atoms with E-state index in [2.05, 4.69) is 15.2 Å². The van der Waals surface area contributed by atoms with Crippen molar-refractivity contribution in [2.75, 3.05) is 46.0 Å². The molecule has 5 heterocycles. The average molecular weight is 655 g/mol. The number of halogens is 3. The van der Waals surface area contributed by atoms with Gasteiger partial charge in [0, 0.05) is 51.9 Å². The van der Waals surface area contributed by atoms with E-state index in [4.69, 9.17) is 14.2 Å². The molecule has 2 amide bonds. The first-order valence-electron chi connectivity index (χ1n) is 16.0. The normalized spacial score (nSPS) is 24.5. The van der Waals surface area contributed by atoms with Gasteiger partial charge in [-0.15, -0.1) is 5.10 Å². The molecule has 0 N–H and O–H groups in total. The Bertz CT molecular complexity index is 1630. The molecule has 1 aromatic heterocycles. The number of fused-ring (bicyclic) bond motifs is 3. The van der Waals surface area contributed by atoms with E-state index >= 15 is 0 Å². The molecule has 0 spiro atoms. The first-order chi connectivity index (χ1) is 22.7. The van der Waals surface area contributed by atoms with Crippen molar-refractivity contribution in [3.63, 3.8) is 0 Å². The summed E-state index contributed by atoms with van der Waals surface area (Å²) in [4.78, 5) is 33.7. The fourth-order valence-corrected chi connectivity index (χ4v) is 7.11. The Kier molecular flexibility index (Phi) is 8.66. The molecule has 2 aromatic carbocycles. The van der Waals surface area contributed by atoms with Crippen molar-refractivity contribution >= 4 is 11.8 Å². The number of aromatic nitrogens is 3. The molecule has 250 valence electrons. The van der Waals surface area contributed by atoms with Gasteiger partial charge in [-0.25, -0.2) is 4.68 Å². The lowest BCUT2D eigenvalue weighted by atomic mass is 10.0. The molecule has 4 aliphatic heterocycles. The molecule has 4 aliphatic rings. The van der Waals surface area contributed by atoms with Gasteiger partial charge in [0.2, 0.25) is 5.91 Å². The molecule has 3 fully saturated rings. The maximum atomic E-state index is 14.2. The Morgan fingerprint density at radius 3 is 2.60 bits per heavy atom. The summed E-state index contributed by atoms with van der Waals surface area (Å²) >= 11 is 0. The molecule has 3 saturated heterocycles. The summed E-state index contributed by atoms with van der Waals surface area (Å²) in [6.45, 7) is 5.20. The SMILES string of the molecule is Cc1ccccc1-n1cc(CO[C@@H]2C[C@H]3C(=O)N4CCN(C5CCOCC5)C[C@H]4COc4ccc(C(F)(F)F)cc4C(=O)N3C2)nn1. The molecule has 14 heteroatoms. The first-order valence-corrected chi connectivity index (χ1v) is 16.0. The summed E-state index contributed by atoms with van der Waals surface area (Å²) in [7, 11) is 0. The summed E-state index contributed by atoms with van der Waals surface area (Å²) in [5.74, 6) is -0.873. The van der Waals surface area contributed by atoms with Crippen molar-refractivity contribution in [1.82, 2.24) is 29.7 Å². The van der Waals surface area contributed by atoms with Crippen molar-refractivity contribution in [3.05, 3.63) is 71.0 Å². The van der Waals surface area contributed by atoms with Gasteiger partial charge in [0.1, 0.15) is 24.1 Å². The van der Waals surface area contributed by atoms with E-state index in [1.54, 1.807) is 15.8 Å². The molecule has 0 radical (unpaired) electrons. The number of hydrogen-bond donors (Lipinski definition) is 0. The van der Waals surface area contributed by atoms with Gasteiger partial charge in [-0.3, -0.25) is 14.5 Å². The Balaban J connectivity index is 1.14. The van der Waals surface area contributed by atoms with E-state index < -0.39 is 29.8 Å². The number of alkyl halides is 3. The zero-order valence-corrected chi connectivity index (χ0v) is 26.1. The van der Waals surface area contributed by atoms with E-state index in [1.165, 1.54) is 11.0 Å². The Hall–Kier alpha value is -4.01. The topological polar surface area (TPSA) is 102 Å². The van der Waals surface area contributed by atoms with Crippen LogP contribution in [0.25, 0.3) is 5.69 Å². The highest BCUT2D eigenvalue weighted by atomic mass is 19.4. The van der Waals surface area contributed by atoms with E-state index in [0.717, 1.165) is 36.2 Å². The minimum Gasteiger partial charge on any atom is -0.491 e. The average Bonchev–Trinajstić information content (AvgIpc) is 3.73. The van der Waals surface area contributed by atoms with Crippen LogP contribution < -0.4 is 4.74 Å². The van der Waals surface area contributed by atoms with Gasteiger partial charge in [0.25, 0.3) is 5.91 Å². The number of aryl methyl sites for hydroxylation is 1. The molecule has 47 heavy (non-hydrogen) atoms.